The fraction of sp³-hybridized carbons (Fsp3) is 0.214. The molecule has 204 valence electrons. The molecular weight excluding hydrogens is 556 g/mol. The van der Waals surface area contributed by atoms with Gasteiger partial charge < -0.3 is 23.7 Å². The zero-order chi connectivity index (χ0) is 27.8. The molecule has 0 saturated carbocycles. The molecule has 0 spiro atoms. The van der Waals surface area contributed by atoms with Gasteiger partial charge >= 0.3 is 6.09 Å². The lowest BCUT2D eigenvalue weighted by Gasteiger charge is -2.26. The van der Waals surface area contributed by atoms with Crippen LogP contribution < -0.4 is 24.3 Å². The molecule has 10 nitrogen and oxygen atoms in total. The van der Waals surface area contributed by atoms with E-state index in [9.17, 15) is 4.79 Å². The van der Waals surface area contributed by atoms with E-state index in [1.807, 2.05) is 19.1 Å². The van der Waals surface area contributed by atoms with Gasteiger partial charge in [-0.25, -0.2) is 19.7 Å². The molecule has 1 aliphatic heterocycles. The molecule has 1 aliphatic rings. The number of nitrogens with zero attached hydrogens (tertiary/aromatic N) is 3. The fourth-order valence-electron chi connectivity index (χ4n) is 4.31. The van der Waals surface area contributed by atoms with E-state index in [0.29, 0.717) is 50.4 Å². The molecule has 40 heavy (non-hydrogen) atoms. The van der Waals surface area contributed by atoms with E-state index in [1.165, 1.54) is 11.3 Å². The first-order valence-electron chi connectivity index (χ1n) is 12.2. The molecule has 1 amide bonds. The first-order valence-corrected chi connectivity index (χ1v) is 13.4. The quantitative estimate of drug-likeness (QED) is 0.249. The highest BCUT2D eigenvalue weighted by Crippen LogP contribution is 2.47. The summed E-state index contributed by atoms with van der Waals surface area (Å²) in [5.74, 6) is 2.13. The summed E-state index contributed by atoms with van der Waals surface area (Å²) in [4.78, 5) is 26.2. The molecule has 3 heterocycles. The van der Waals surface area contributed by atoms with Crippen LogP contribution in [0.2, 0.25) is 5.02 Å². The summed E-state index contributed by atoms with van der Waals surface area (Å²) in [5, 5.41) is 3.81. The van der Waals surface area contributed by atoms with Gasteiger partial charge in [0, 0.05) is 17.3 Å². The van der Waals surface area contributed by atoms with E-state index in [-0.39, 0.29) is 13.2 Å². The minimum Gasteiger partial charge on any atom is -0.497 e. The van der Waals surface area contributed by atoms with E-state index in [1.54, 1.807) is 50.7 Å². The first kappa shape index (κ1) is 25.9. The Bertz CT molecular complexity index is 1740. The normalized spacial score (nSPS) is 14.2. The standard InChI is InChI=1S/C28H23ClN4O6S/c1-14-8-18(23-20(9-14)32-22(36-3)11-30-23)27-33-24-19(29)10-21-25(26(24)40-27)37-12-17(39-21)13-38-28(34)31-15-4-6-16(35-2)7-5-15/h4-11,17H,12-13H2,1-3H3,(H,31,34). The second kappa shape index (κ2) is 10.7. The largest absolute Gasteiger partial charge is 0.497 e. The molecule has 0 bridgehead atoms. The molecule has 2 aromatic heterocycles. The molecule has 0 fully saturated rings. The maximum atomic E-state index is 12.3. The predicted molar refractivity (Wildman–Crippen MR) is 152 cm³/mol. The molecule has 6 rings (SSSR count). The topological polar surface area (TPSA) is 114 Å². The van der Waals surface area contributed by atoms with Crippen LogP contribution in [-0.2, 0) is 4.74 Å². The third-order valence-corrected chi connectivity index (χ3v) is 7.57. The number of hydrogen-bond acceptors (Lipinski definition) is 10. The number of carbonyl (C=O) groups is 1. The number of amides is 1. The van der Waals surface area contributed by atoms with Crippen molar-refractivity contribution in [2.75, 3.05) is 32.8 Å². The summed E-state index contributed by atoms with van der Waals surface area (Å²) in [6.45, 7) is 2.16. The van der Waals surface area contributed by atoms with E-state index in [2.05, 4.69) is 15.3 Å². The van der Waals surface area contributed by atoms with E-state index in [0.717, 1.165) is 20.8 Å². The first-order chi connectivity index (χ1) is 19.4. The highest BCUT2D eigenvalue weighted by atomic mass is 35.5. The van der Waals surface area contributed by atoms with Gasteiger partial charge in [-0.1, -0.05) is 11.6 Å². The monoisotopic (exact) mass is 578 g/mol. The van der Waals surface area contributed by atoms with Crippen molar-refractivity contribution >= 4 is 56.0 Å². The number of carbonyl (C=O) groups excluding carboxylic acids is 1. The maximum Gasteiger partial charge on any atom is 0.411 e. The second-order valence-electron chi connectivity index (χ2n) is 8.98. The summed E-state index contributed by atoms with van der Waals surface area (Å²) < 4.78 is 28.6. The molecule has 1 unspecified atom stereocenters. The Morgan fingerprint density at radius 3 is 2.73 bits per heavy atom. The van der Waals surface area contributed by atoms with Gasteiger partial charge in [0.05, 0.1) is 36.5 Å². The number of ether oxygens (including phenoxy) is 5. The number of aromatic nitrogens is 3. The van der Waals surface area contributed by atoms with Crippen LogP contribution in [0.4, 0.5) is 10.5 Å². The molecule has 0 aliphatic carbocycles. The van der Waals surface area contributed by atoms with Gasteiger partial charge in [-0.15, -0.1) is 11.3 Å². The average Bonchev–Trinajstić information content (AvgIpc) is 3.42. The van der Waals surface area contributed by atoms with Crippen LogP contribution in [0.25, 0.3) is 31.8 Å². The molecule has 1 N–H and O–H groups in total. The Morgan fingerprint density at radius 2 is 1.95 bits per heavy atom. The van der Waals surface area contributed by atoms with Gasteiger partial charge in [-0.05, 0) is 48.9 Å². The third-order valence-electron chi connectivity index (χ3n) is 6.19. The van der Waals surface area contributed by atoms with Crippen LogP contribution in [0.1, 0.15) is 5.56 Å². The SMILES string of the molecule is COc1ccc(NC(=O)OCC2COc3c(cc(Cl)c4nc(-c5cc(C)cc6nc(OC)cnc56)sc34)O2)cc1. The molecule has 12 heteroatoms. The zero-order valence-corrected chi connectivity index (χ0v) is 23.3. The van der Waals surface area contributed by atoms with Crippen molar-refractivity contribution in [2.45, 2.75) is 13.0 Å². The van der Waals surface area contributed by atoms with Gasteiger partial charge in [0.25, 0.3) is 0 Å². The van der Waals surface area contributed by atoms with Crippen LogP contribution in [0.15, 0.2) is 48.7 Å². The number of thiazole rings is 1. The average molecular weight is 579 g/mol. The number of hydrogen-bond donors (Lipinski definition) is 1. The molecule has 0 saturated heterocycles. The third kappa shape index (κ3) is 5.01. The van der Waals surface area contributed by atoms with Gasteiger partial charge in [0.2, 0.25) is 5.88 Å². The van der Waals surface area contributed by atoms with Crippen molar-refractivity contribution in [2.24, 2.45) is 0 Å². The zero-order valence-electron chi connectivity index (χ0n) is 21.7. The Morgan fingerprint density at radius 1 is 1.12 bits per heavy atom. The van der Waals surface area contributed by atoms with Crippen LogP contribution in [0, 0.1) is 6.92 Å². The van der Waals surface area contributed by atoms with E-state index >= 15 is 0 Å². The van der Waals surface area contributed by atoms with Crippen molar-refractivity contribution < 1.29 is 28.5 Å². The minimum atomic E-state index is -0.605. The summed E-state index contributed by atoms with van der Waals surface area (Å²) >= 11 is 8.06. The van der Waals surface area contributed by atoms with Gasteiger partial charge in [0.15, 0.2) is 17.6 Å². The number of rotatable bonds is 6. The van der Waals surface area contributed by atoms with Crippen molar-refractivity contribution in [3.8, 4) is 33.7 Å². The predicted octanol–water partition coefficient (Wildman–Crippen LogP) is 6.27. The molecule has 3 aromatic carbocycles. The highest BCUT2D eigenvalue weighted by Gasteiger charge is 2.28. The van der Waals surface area contributed by atoms with Crippen molar-refractivity contribution in [1.29, 1.82) is 0 Å². The Hall–Kier alpha value is -4.35. The van der Waals surface area contributed by atoms with Crippen LogP contribution >= 0.6 is 22.9 Å². The molecule has 1 atom stereocenters. The number of methoxy groups -OCH3 is 2. The lowest BCUT2D eigenvalue weighted by molar-refractivity contribution is 0.0384. The maximum absolute atomic E-state index is 12.3. The smallest absolute Gasteiger partial charge is 0.411 e. The second-order valence-corrected chi connectivity index (χ2v) is 10.4. The van der Waals surface area contributed by atoms with Gasteiger partial charge in [-0.2, -0.15) is 0 Å². The lowest BCUT2D eigenvalue weighted by atomic mass is 10.1. The van der Waals surface area contributed by atoms with E-state index in [4.69, 9.17) is 40.3 Å². The summed E-state index contributed by atoms with van der Waals surface area (Å²) in [6.07, 6.45) is 0.465. The van der Waals surface area contributed by atoms with Gasteiger partial charge in [-0.3, -0.25) is 5.32 Å². The molecule has 0 radical (unpaired) electrons. The van der Waals surface area contributed by atoms with Crippen molar-refractivity contribution in [1.82, 2.24) is 15.0 Å². The number of nitrogens with one attached hydrogen (secondary N) is 1. The molecular formula is C28H23ClN4O6S. The summed E-state index contributed by atoms with van der Waals surface area (Å²) in [6, 6.07) is 12.6. The Labute approximate surface area is 237 Å². The summed E-state index contributed by atoms with van der Waals surface area (Å²) in [7, 11) is 3.13. The van der Waals surface area contributed by atoms with Gasteiger partial charge in [0.1, 0.15) is 34.2 Å². The van der Waals surface area contributed by atoms with Crippen LogP contribution in [0.3, 0.4) is 0 Å². The molecule has 5 aromatic rings. The number of benzene rings is 3. The van der Waals surface area contributed by atoms with E-state index < -0.39 is 12.2 Å². The number of anilines is 1. The minimum absolute atomic E-state index is 0.0115. The number of fused-ring (bicyclic) bond motifs is 4. The fourth-order valence-corrected chi connectivity index (χ4v) is 5.71. The lowest BCUT2D eigenvalue weighted by Crippen LogP contribution is -2.35. The number of halogens is 1. The van der Waals surface area contributed by atoms with Crippen molar-refractivity contribution in [3.05, 3.63) is 59.2 Å². The Balaban J connectivity index is 1.22. The van der Waals surface area contributed by atoms with Crippen LogP contribution in [-0.4, -0.2) is 54.6 Å². The Kier molecular flexibility index (Phi) is 6.91. The summed E-state index contributed by atoms with van der Waals surface area (Å²) in [5.41, 5.74) is 4.45. The number of aryl methyl sites for hydroxylation is 1. The van der Waals surface area contributed by atoms with Crippen LogP contribution in [0.5, 0.6) is 23.1 Å². The highest BCUT2D eigenvalue weighted by molar-refractivity contribution is 7.22. The van der Waals surface area contributed by atoms with Crippen molar-refractivity contribution in [3.63, 3.8) is 0 Å².